The zero-order chi connectivity index (χ0) is 10.1. The highest BCUT2D eigenvalue weighted by atomic mass is 16.4. The molecule has 0 saturated heterocycles. The lowest BCUT2D eigenvalue weighted by atomic mass is 10.4. The van der Waals surface area contributed by atoms with Gasteiger partial charge >= 0.3 is 5.97 Å². The molecule has 0 bridgehead atoms. The quantitative estimate of drug-likeness (QED) is 0.742. The van der Waals surface area contributed by atoms with Gasteiger partial charge in [-0.15, -0.1) is 5.10 Å². The van der Waals surface area contributed by atoms with Crippen LogP contribution in [-0.4, -0.2) is 30.6 Å². The Morgan fingerprint density at radius 1 is 1.57 bits per heavy atom. The molecular weight excluding hydrogens is 184 g/mol. The second-order valence-corrected chi connectivity index (χ2v) is 2.81. The summed E-state index contributed by atoms with van der Waals surface area (Å²) in [5.41, 5.74) is 0.0480. The number of carboxylic acid groups (broad SMARTS) is 1. The van der Waals surface area contributed by atoms with E-state index in [9.17, 15) is 4.79 Å². The second kappa shape index (κ2) is 2.99. The Morgan fingerprint density at radius 3 is 2.93 bits per heavy atom. The van der Waals surface area contributed by atoms with Gasteiger partial charge in [0.05, 0.1) is 6.20 Å². The predicted molar refractivity (Wildman–Crippen MR) is 47.3 cm³/mol. The largest absolute Gasteiger partial charge is 0.476 e. The highest BCUT2D eigenvalue weighted by molar-refractivity contribution is 5.85. The summed E-state index contributed by atoms with van der Waals surface area (Å²) in [4.78, 5) is 10.8. The number of carbonyl (C=O) groups is 1. The molecule has 0 aliphatic heterocycles. The molecule has 6 nitrogen and oxygen atoms in total. The van der Waals surface area contributed by atoms with Gasteiger partial charge < -0.3 is 9.67 Å². The van der Waals surface area contributed by atoms with E-state index in [2.05, 4.69) is 10.3 Å². The molecule has 14 heavy (non-hydrogen) atoms. The molecule has 0 aliphatic rings. The summed E-state index contributed by atoms with van der Waals surface area (Å²) in [7, 11) is 1.81. The average molecular weight is 192 g/mol. The molecule has 0 fully saturated rings. The fourth-order valence-electron chi connectivity index (χ4n) is 1.22. The van der Waals surface area contributed by atoms with E-state index in [4.69, 9.17) is 5.11 Å². The summed E-state index contributed by atoms with van der Waals surface area (Å²) in [5.74, 6) is -0.379. The van der Waals surface area contributed by atoms with Crippen LogP contribution in [0.4, 0.5) is 0 Å². The molecule has 0 unspecified atom stereocenters. The van der Waals surface area contributed by atoms with Crippen LogP contribution in [0.2, 0.25) is 0 Å². The van der Waals surface area contributed by atoms with Gasteiger partial charge in [-0.05, 0) is 12.1 Å². The van der Waals surface area contributed by atoms with Crippen molar-refractivity contribution in [1.82, 2.24) is 19.6 Å². The molecule has 0 spiro atoms. The number of aromatic nitrogens is 4. The van der Waals surface area contributed by atoms with Gasteiger partial charge in [0.25, 0.3) is 0 Å². The van der Waals surface area contributed by atoms with E-state index >= 15 is 0 Å². The van der Waals surface area contributed by atoms with Crippen LogP contribution in [0.1, 0.15) is 10.5 Å². The molecule has 2 rings (SSSR count). The molecule has 2 aromatic rings. The van der Waals surface area contributed by atoms with Gasteiger partial charge in [0.1, 0.15) is 5.82 Å². The Bertz CT molecular complexity index is 471. The van der Waals surface area contributed by atoms with Crippen molar-refractivity contribution >= 4 is 5.97 Å². The van der Waals surface area contributed by atoms with Gasteiger partial charge in [0, 0.05) is 13.2 Å². The maximum absolute atomic E-state index is 10.8. The van der Waals surface area contributed by atoms with Crippen LogP contribution in [0.15, 0.2) is 24.5 Å². The van der Waals surface area contributed by atoms with Crippen molar-refractivity contribution < 1.29 is 9.90 Å². The van der Waals surface area contributed by atoms with Crippen LogP contribution in [0.5, 0.6) is 0 Å². The highest BCUT2D eigenvalue weighted by Gasteiger charge is 2.14. The minimum atomic E-state index is -1.05. The lowest BCUT2D eigenvalue weighted by molar-refractivity contribution is 0.0686. The van der Waals surface area contributed by atoms with Crippen molar-refractivity contribution in [3.8, 4) is 5.82 Å². The third kappa shape index (κ3) is 1.17. The van der Waals surface area contributed by atoms with E-state index in [1.807, 2.05) is 19.3 Å². The highest BCUT2D eigenvalue weighted by Crippen LogP contribution is 2.08. The first kappa shape index (κ1) is 8.49. The van der Waals surface area contributed by atoms with Crippen molar-refractivity contribution in [2.75, 3.05) is 0 Å². The molecule has 0 aromatic carbocycles. The summed E-state index contributed by atoms with van der Waals surface area (Å²) >= 11 is 0. The number of aryl methyl sites for hydroxylation is 1. The first-order chi connectivity index (χ1) is 6.70. The Hall–Kier alpha value is -2.11. The van der Waals surface area contributed by atoms with Crippen molar-refractivity contribution in [1.29, 1.82) is 0 Å². The van der Waals surface area contributed by atoms with Gasteiger partial charge in [-0.1, -0.05) is 5.21 Å². The molecule has 2 aromatic heterocycles. The Balaban J connectivity index is 2.57. The first-order valence-electron chi connectivity index (χ1n) is 3.96. The number of nitrogens with zero attached hydrogens (tertiary/aromatic N) is 4. The summed E-state index contributed by atoms with van der Waals surface area (Å²) < 4.78 is 3.05. The Labute approximate surface area is 79.4 Å². The topological polar surface area (TPSA) is 72.9 Å². The Morgan fingerprint density at radius 2 is 2.36 bits per heavy atom. The molecule has 0 saturated carbocycles. The average Bonchev–Trinajstić information content (AvgIpc) is 2.70. The normalized spacial score (nSPS) is 10.4. The van der Waals surface area contributed by atoms with E-state index in [0.29, 0.717) is 5.82 Å². The number of hydrogen-bond donors (Lipinski definition) is 1. The lowest BCUT2D eigenvalue weighted by Gasteiger charge is -2.03. The fourth-order valence-corrected chi connectivity index (χ4v) is 1.22. The van der Waals surface area contributed by atoms with Crippen LogP contribution in [0.25, 0.3) is 5.82 Å². The molecular formula is C8H8N4O2. The maximum atomic E-state index is 10.8. The number of aromatic carboxylic acids is 1. The standard InChI is InChI=1S/C8H8N4O2/c1-11-4-2-3-7(11)12-6(8(13)14)5-9-10-12/h2-5H,1H3,(H,13,14). The molecule has 0 radical (unpaired) electrons. The second-order valence-electron chi connectivity index (χ2n) is 2.81. The zero-order valence-electron chi connectivity index (χ0n) is 7.45. The fraction of sp³-hybridized carbons (Fsp3) is 0.125. The van der Waals surface area contributed by atoms with Gasteiger partial charge in [-0.3, -0.25) is 0 Å². The zero-order valence-corrected chi connectivity index (χ0v) is 7.45. The summed E-state index contributed by atoms with van der Waals surface area (Å²) in [6.45, 7) is 0. The molecule has 6 heteroatoms. The summed E-state index contributed by atoms with van der Waals surface area (Å²) in [5, 5.41) is 16.1. The van der Waals surface area contributed by atoms with Gasteiger partial charge in [0.2, 0.25) is 0 Å². The van der Waals surface area contributed by atoms with E-state index < -0.39 is 5.97 Å². The third-order valence-electron chi connectivity index (χ3n) is 1.90. The van der Waals surface area contributed by atoms with Crippen LogP contribution >= 0.6 is 0 Å². The van der Waals surface area contributed by atoms with Crippen LogP contribution in [0.3, 0.4) is 0 Å². The number of rotatable bonds is 2. The predicted octanol–water partition coefficient (Wildman–Crippen LogP) is 0.304. The molecule has 2 heterocycles. The summed E-state index contributed by atoms with van der Waals surface area (Å²) in [6.07, 6.45) is 3.03. The van der Waals surface area contributed by atoms with Gasteiger partial charge in [-0.25, -0.2) is 4.79 Å². The van der Waals surface area contributed by atoms with Crippen molar-refractivity contribution in [2.24, 2.45) is 7.05 Å². The SMILES string of the molecule is Cn1cccc1-n1nncc1C(=O)O. The van der Waals surface area contributed by atoms with Crippen molar-refractivity contribution in [2.45, 2.75) is 0 Å². The molecule has 0 amide bonds. The van der Waals surface area contributed by atoms with E-state index in [0.717, 1.165) is 0 Å². The van der Waals surface area contributed by atoms with E-state index in [1.165, 1.54) is 10.9 Å². The Kier molecular flexibility index (Phi) is 1.81. The van der Waals surface area contributed by atoms with Crippen molar-refractivity contribution in [3.63, 3.8) is 0 Å². The first-order valence-corrected chi connectivity index (χ1v) is 3.96. The van der Waals surface area contributed by atoms with Crippen LogP contribution in [-0.2, 0) is 7.05 Å². The monoisotopic (exact) mass is 192 g/mol. The molecule has 0 aliphatic carbocycles. The third-order valence-corrected chi connectivity index (χ3v) is 1.90. The number of hydrogen-bond acceptors (Lipinski definition) is 3. The molecule has 1 N–H and O–H groups in total. The summed E-state index contributed by atoms with van der Waals surface area (Å²) in [6, 6.07) is 3.57. The molecule has 72 valence electrons. The smallest absolute Gasteiger partial charge is 0.356 e. The minimum absolute atomic E-state index is 0.0480. The maximum Gasteiger partial charge on any atom is 0.356 e. The minimum Gasteiger partial charge on any atom is -0.476 e. The van der Waals surface area contributed by atoms with E-state index in [-0.39, 0.29) is 5.69 Å². The molecule has 0 atom stereocenters. The lowest BCUT2D eigenvalue weighted by Crippen LogP contribution is -2.10. The van der Waals surface area contributed by atoms with Gasteiger partial charge in [0.15, 0.2) is 5.69 Å². The number of carboxylic acids is 1. The van der Waals surface area contributed by atoms with Crippen molar-refractivity contribution in [3.05, 3.63) is 30.2 Å². The van der Waals surface area contributed by atoms with Crippen LogP contribution in [0, 0.1) is 0 Å². The van der Waals surface area contributed by atoms with Gasteiger partial charge in [-0.2, -0.15) is 4.68 Å². The van der Waals surface area contributed by atoms with Crippen LogP contribution < -0.4 is 0 Å². The van der Waals surface area contributed by atoms with E-state index in [1.54, 1.807) is 10.6 Å².